The Hall–Kier alpha value is 0.01000. The number of nitrogens with zero attached hydrogens (tertiary/aromatic N) is 1. The third-order valence-corrected chi connectivity index (χ3v) is 2.83. The maximum Gasteiger partial charge on any atom is 0.0674 e. The van der Waals surface area contributed by atoms with Crippen LogP contribution >= 0.6 is 12.6 Å². The fourth-order valence-electron chi connectivity index (χ4n) is 1.53. The highest BCUT2D eigenvalue weighted by molar-refractivity contribution is 7.80. The summed E-state index contributed by atoms with van der Waals surface area (Å²) in [6.07, 6.45) is 0.351. The molecule has 0 aliphatic carbocycles. The van der Waals surface area contributed by atoms with E-state index < -0.39 is 0 Å². The van der Waals surface area contributed by atoms with Crippen molar-refractivity contribution in [2.24, 2.45) is 0 Å². The smallest absolute Gasteiger partial charge is 0.0674 e. The van der Waals surface area contributed by atoms with Crippen molar-refractivity contribution in [2.75, 3.05) is 25.4 Å². The van der Waals surface area contributed by atoms with Gasteiger partial charge < -0.3 is 4.74 Å². The van der Waals surface area contributed by atoms with Crippen LogP contribution in [0.1, 0.15) is 13.8 Å². The number of thiol groups is 1. The Morgan fingerprint density at radius 1 is 1.62 bits per heavy atom. The molecule has 0 aromatic rings. The molecule has 1 heterocycles. The van der Waals surface area contributed by atoms with Crippen LogP contribution in [0.25, 0.3) is 0 Å². The van der Waals surface area contributed by atoms with E-state index in [4.69, 9.17) is 4.74 Å². The van der Waals surface area contributed by atoms with E-state index in [0.717, 1.165) is 25.4 Å². The van der Waals surface area contributed by atoms with Gasteiger partial charge in [-0.15, -0.1) is 0 Å². The summed E-state index contributed by atoms with van der Waals surface area (Å²) in [5.41, 5.74) is 1.18. The Morgan fingerprint density at radius 3 is 2.92 bits per heavy atom. The van der Waals surface area contributed by atoms with Crippen LogP contribution in [-0.2, 0) is 4.74 Å². The van der Waals surface area contributed by atoms with Crippen molar-refractivity contribution < 1.29 is 4.74 Å². The highest BCUT2D eigenvalue weighted by Crippen LogP contribution is 2.12. The van der Waals surface area contributed by atoms with E-state index in [0.29, 0.717) is 12.1 Å². The summed E-state index contributed by atoms with van der Waals surface area (Å²) in [7, 11) is 0. The molecule has 1 aliphatic rings. The summed E-state index contributed by atoms with van der Waals surface area (Å²) < 4.78 is 5.55. The lowest BCUT2D eigenvalue weighted by Crippen LogP contribution is -2.47. The minimum Gasteiger partial charge on any atom is -0.376 e. The van der Waals surface area contributed by atoms with E-state index in [1.54, 1.807) is 0 Å². The predicted molar refractivity (Wildman–Crippen MR) is 59.4 cm³/mol. The molecule has 0 amide bonds. The standard InChI is InChI=1S/C10H19NOS/c1-8(7-13)4-11-5-10(3)12-6-9(11)2/h9-10,13H,1,4-7H2,2-3H3. The number of ether oxygens (including phenoxy) is 1. The van der Waals surface area contributed by atoms with Crippen LogP contribution in [0.3, 0.4) is 0 Å². The molecule has 3 heteroatoms. The average molecular weight is 201 g/mol. The molecule has 0 N–H and O–H groups in total. The molecule has 0 spiro atoms. The molecule has 1 rings (SSSR count). The first kappa shape index (κ1) is 11.1. The van der Waals surface area contributed by atoms with Crippen LogP contribution in [0.4, 0.5) is 0 Å². The Kier molecular flexibility index (Phi) is 4.29. The maximum atomic E-state index is 5.55. The van der Waals surface area contributed by atoms with E-state index in [-0.39, 0.29) is 0 Å². The molecule has 0 radical (unpaired) electrons. The lowest BCUT2D eigenvalue weighted by Gasteiger charge is -2.37. The SMILES string of the molecule is C=C(CS)CN1CC(C)OCC1C. The molecule has 0 aromatic heterocycles. The van der Waals surface area contributed by atoms with Crippen LogP contribution < -0.4 is 0 Å². The van der Waals surface area contributed by atoms with Crippen LogP contribution in [0, 0.1) is 0 Å². The molecular weight excluding hydrogens is 182 g/mol. The van der Waals surface area contributed by atoms with Crippen molar-refractivity contribution in [3.8, 4) is 0 Å². The summed E-state index contributed by atoms with van der Waals surface area (Å²) in [6.45, 7) is 11.1. The van der Waals surface area contributed by atoms with E-state index >= 15 is 0 Å². The Balaban J connectivity index is 2.41. The molecule has 1 aliphatic heterocycles. The maximum absolute atomic E-state index is 5.55. The zero-order valence-corrected chi connectivity index (χ0v) is 9.39. The largest absolute Gasteiger partial charge is 0.376 e. The zero-order chi connectivity index (χ0) is 9.84. The number of hydrogen-bond donors (Lipinski definition) is 1. The van der Waals surface area contributed by atoms with E-state index in [2.05, 4.69) is 38.0 Å². The molecule has 2 atom stereocenters. The van der Waals surface area contributed by atoms with Gasteiger partial charge >= 0.3 is 0 Å². The number of hydrogen-bond acceptors (Lipinski definition) is 3. The quantitative estimate of drug-likeness (QED) is 0.550. The van der Waals surface area contributed by atoms with Crippen LogP contribution in [0.2, 0.25) is 0 Å². The Labute approximate surface area is 86.4 Å². The topological polar surface area (TPSA) is 12.5 Å². The third kappa shape index (κ3) is 3.33. The van der Waals surface area contributed by atoms with Crippen molar-refractivity contribution in [2.45, 2.75) is 26.0 Å². The minimum atomic E-state index is 0.351. The summed E-state index contributed by atoms with van der Waals surface area (Å²) in [5, 5.41) is 0. The van der Waals surface area contributed by atoms with E-state index in [1.165, 1.54) is 5.57 Å². The van der Waals surface area contributed by atoms with Gasteiger partial charge in [-0.2, -0.15) is 12.6 Å². The average Bonchev–Trinajstić information content (AvgIpc) is 2.11. The first-order valence-corrected chi connectivity index (χ1v) is 5.40. The first-order valence-electron chi connectivity index (χ1n) is 4.76. The van der Waals surface area contributed by atoms with Crippen molar-refractivity contribution in [1.82, 2.24) is 4.90 Å². The Morgan fingerprint density at radius 2 is 2.31 bits per heavy atom. The predicted octanol–water partition coefficient (Wildman–Crippen LogP) is 1.58. The molecular formula is C10H19NOS. The van der Waals surface area contributed by atoms with Crippen molar-refractivity contribution in [3.63, 3.8) is 0 Å². The summed E-state index contributed by atoms with van der Waals surface area (Å²) >= 11 is 4.21. The zero-order valence-electron chi connectivity index (χ0n) is 8.49. The molecule has 2 nitrogen and oxygen atoms in total. The lowest BCUT2D eigenvalue weighted by atomic mass is 10.2. The van der Waals surface area contributed by atoms with Crippen molar-refractivity contribution >= 4 is 12.6 Å². The number of rotatable bonds is 3. The van der Waals surface area contributed by atoms with Crippen LogP contribution in [0.5, 0.6) is 0 Å². The Bertz CT molecular complexity index is 184. The normalized spacial score (nSPS) is 30.4. The molecule has 76 valence electrons. The van der Waals surface area contributed by atoms with E-state index in [9.17, 15) is 0 Å². The highest BCUT2D eigenvalue weighted by Gasteiger charge is 2.22. The van der Waals surface area contributed by atoms with Gasteiger partial charge in [-0.25, -0.2) is 0 Å². The third-order valence-electron chi connectivity index (χ3n) is 2.39. The van der Waals surface area contributed by atoms with Gasteiger partial charge in [-0.05, 0) is 13.8 Å². The second-order valence-corrected chi connectivity index (χ2v) is 4.15. The molecule has 0 bridgehead atoms. The molecule has 1 saturated heterocycles. The van der Waals surface area contributed by atoms with Crippen molar-refractivity contribution in [3.05, 3.63) is 12.2 Å². The van der Waals surface area contributed by atoms with E-state index in [1.807, 2.05) is 0 Å². The highest BCUT2D eigenvalue weighted by atomic mass is 32.1. The van der Waals surface area contributed by atoms with Gasteiger partial charge in [0.25, 0.3) is 0 Å². The van der Waals surface area contributed by atoms with Crippen LogP contribution in [0.15, 0.2) is 12.2 Å². The molecule has 0 aromatic carbocycles. The second-order valence-electron chi connectivity index (χ2n) is 3.83. The minimum absolute atomic E-state index is 0.351. The fraction of sp³-hybridized carbons (Fsp3) is 0.800. The summed E-state index contributed by atoms with van der Waals surface area (Å²) in [6, 6.07) is 0.507. The molecule has 13 heavy (non-hydrogen) atoms. The summed E-state index contributed by atoms with van der Waals surface area (Å²) in [5.74, 6) is 0.776. The van der Waals surface area contributed by atoms with Crippen molar-refractivity contribution in [1.29, 1.82) is 0 Å². The monoisotopic (exact) mass is 201 g/mol. The lowest BCUT2D eigenvalue weighted by molar-refractivity contribution is -0.0455. The van der Waals surface area contributed by atoms with Gasteiger partial charge in [0.2, 0.25) is 0 Å². The molecule has 1 fully saturated rings. The van der Waals surface area contributed by atoms with Gasteiger partial charge in [-0.1, -0.05) is 12.2 Å². The molecule has 0 saturated carbocycles. The first-order chi connectivity index (χ1) is 6.13. The number of morpholine rings is 1. The fourth-order valence-corrected chi connectivity index (χ4v) is 1.63. The van der Waals surface area contributed by atoms with Gasteiger partial charge in [0, 0.05) is 24.9 Å². The van der Waals surface area contributed by atoms with Gasteiger partial charge in [0.05, 0.1) is 12.7 Å². The van der Waals surface area contributed by atoms with Gasteiger partial charge in [0.1, 0.15) is 0 Å². The molecule has 2 unspecified atom stereocenters. The second kappa shape index (κ2) is 5.03. The van der Waals surface area contributed by atoms with Gasteiger partial charge in [0.15, 0.2) is 0 Å². The summed E-state index contributed by atoms with van der Waals surface area (Å²) in [4.78, 5) is 2.41. The van der Waals surface area contributed by atoms with Crippen LogP contribution in [-0.4, -0.2) is 42.5 Å². The van der Waals surface area contributed by atoms with Gasteiger partial charge in [-0.3, -0.25) is 4.90 Å².